The van der Waals surface area contributed by atoms with Crippen LogP contribution in [0, 0.1) is 0 Å². The number of halogens is 1. The molecule has 1 aromatic heterocycles. The summed E-state index contributed by atoms with van der Waals surface area (Å²) in [6.07, 6.45) is -0.00325. The second-order valence-electron chi connectivity index (χ2n) is 9.22. The van der Waals surface area contributed by atoms with Crippen LogP contribution < -0.4 is 10.1 Å². The molecule has 0 saturated heterocycles. The molecule has 172 valence electrons. The fourth-order valence-corrected chi connectivity index (χ4v) is 4.18. The summed E-state index contributed by atoms with van der Waals surface area (Å²) in [5.41, 5.74) is 2.23. The molecule has 4 rings (SSSR count). The molecular formula is C25H25ClN2O5. The summed E-state index contributed by atoms with van der Waals surface area (Å²) in [4.78, 5) is 37.4. The average molecular weight is 469 g/mol. The van der Waals surface area contributed by atoms with E-state index in [1.54, 1.807) is 51.1 Å². The van der Waals surface area contributed by atoms with Crippen molar-refractivity contribution in [2.24, 2.45) is 0 Å². The van der Waals surface area contributed by atoms with Crippen LogP contribution in [0.5, 0.6) is 5.75 Å². The van der Waals surface area contributed by atoms with Gasteiger partial charge in [0.05, 0.1) is 27.9 Å². The molecule has 2 heterocycles. The van der Waals surface area contributed by atoms with Crippen LogP contribution in [0.25, 0.3) is 22.2 Å². The van der Waals surface area contributed by atoms with Gasteiger partial charge in [0.25, 0.3) is 5.91 Å². The van der Waals surface area contributed by atoms with Crippen molar-refractivity contribution >= 4 is 40.8 Å². The van der Waals surface area contributed by atoms with Gasteiger partial charge in [-0.1, -0.05) is 11.6 Å². The Morgan fingerprint density at radius 3 is 2.58 bits per heavy atom. The van der Waals surface area contributed by atoms with Crippen LogP contribution in [0.3, 0.4) is 0 Å². The van der Waals surface area contributed by atoms with Crippen molar-refractivity contribution in [3.63, 3.8) is 0 Å². The maximum atomic E-state index is 13.3. The number of nitrogens with zero attached hydrogens (tertiary/aromatic N) is 1. The van der Waals surface area contributed by atoms with E-state index in [-0.39, 0.29) is 18.6 Å². The Hall–Kier alpha value is -3.32. The number of amides is 1. The Kier molecular flexibility index (Phi) is 5.70. The highest BCUT2D eigenvalue weighted by Gasteiger charge is 2.32. The van der Waals surface area contributed by atoms with Crippen molar-refractivity contribution in [1.82, 2.24) is 9.88 Å². The van der Waals surface area contributed by atoms with Crippen molar-refractivity contribution in [2.75, 3.05) is 0 Å². The minimum Gasteiger partial charge on any atom is -0.489 e. The number of ether oxygens (including phenoxy) is 2. The van der Waals surface area contributed by atoms with Gasteiger partial charge in [-0.15, -0.1) is 0 Å². The molecule has 7 nitrogen and oxygen atoms in total. The number of rotatable bonds is 4. The second-order valence-corrected chi connectivity index (χ2v) is 9.60. The molecule has 8 heteroatoms. The number of fused-ring (bicyclic) bond motifs is 2. The number of aldehydes is 1. The lowest BCUT2D eigenvalue weighted by Gasteiger charge is -2.22. The molecule has 1 aliphatic rings. The SMILES string of the molecule is CC(C)Oc1cc(-c2cc3cc(C=O)ccc3n2C(=O)OC(C)(C)C)c2c(c1Cl)CNC2=O. The van der Waals surface area contributed by atoms with Crippen LogP contribution >= 0.6 is 11.6 Å². The predicted octanol–water partition coefficient (Wildman–Crippen LogP) is 5.59. The van der Waals surface area contributed by atoms with E-state index in [4.69, 9.17) is 21.1 Å². The molecule has 3 aromatic rings. The van der Waals surface area contributed by atoms with Crippen molar-refractivity contribution in [1.29, 1.82) is 0 Å². The largest absolute Gasteiger partial charge is 0.489 e. The predicted molar refractivity (Wildman–Crippen MR) is 126 cm³/mol. The lowest BCUT2D eigenvalue weighted by atomic mass is 9.99. The normalized spacial score (nSPS) is 13.2. The summed E-state index contributed by atoms with van der Waals surface area (Å²) in [7, 11) is 0. The first-order valence-electron chi connectivity index (χ1n) is 10.6. The van der Waals surface area contributed by atoms with E-state index in [1.807, 2.05) is 13.8 Å². The number of hydrogen-bond donors (Lipinski definition) is 1. The summed E-state index contributed by atoms with van der Waals surface area (Å²) < 4.78 is 13.0. The summed E-state index contributed by atoms with van der Waals surface area (Å²) in [5.74, 6) is 0.138. The molecule has 0 unspecified atom stereocenters. The van der Waals surface area contributed by atoms with Crippen LogP contribution in [0.1, 0.15) is 60.9 Å². The Bertz CT molecular complexity index is 1300. The van der Waals surface area contributed by atoms with Gasteiger partial charge in [0.1, 0.15) is 17.6 Å². The van der Waals surface area contributed by atoms with Crippen LogP contribution in [0.2, 0.25) is 5.02 Å². The van der Waals surface area contributed by atoms with Crippen LogP contribution in [0.15, 0.2) is 30.3 Å². The smallest absolute Gasteiger partial charge is 0.419 e. The number of carbonyl (C=O) groups excluding carboxylic acids is 3. The molecular weight excluding hydrogens is 444 g/mol. The van der Waals surface area contributed by atoms with Gasteiger partial charge in [0.15, 0.2) is 0 Å². The molecule has 1 amide bonds. The van der Waals surface area contributed by atoms with Gasteiger partial charge < -0.3 is 14.8 Å². The van der Waals surface area contributed by atoms with E-state index in [2.05, 4.69) is 5.32 Å². The topological polar surface area (TPSA) is 86.6 Å². The molecule has 0 spiro atoms. The molecule has 0 bridgehead atoms. The zero-order valence-corrected chi connectivity index (χ0v) is 19.9. The second kappa shape index (κ2) is 8.23. The molecule has 0 radical (unpaired) electrons. The highest BCUT2D eigenvalue weighted by atomic mass is 35.5. The van der Waals surface area contributed by atoms with E-state index >= 15 is 0 Å². The number of aromatic nitrogens is 1. The van der Waals surface area contributed by atoms with E-state index in [1.165, 1.54) is 4.57 Å². The molecule has 0 aliphatic carbocycles. The Morgan fingerprint density at radius 2 is 1.94 bits per heavy atom. The highest BCUT2D eigenvalue weighted by molar-refractivity contribution is 6.34. The third-order valence-corrected chi connectivity index (χ3v) is 5.57. The Balaban J connectivity index is 2.04. The maximum absolute atomic E-state index is 13.3. The molecule has 1 aliphatic heterocycles. The van der Waals surface area contributed by atoms with E-state index in [0.717, 1.165) is 6.29 Å². The van der Waals surface area contributed by atoms with E-state index in [9.17, 15) is 14.4 Å². The van der Waals surface area contributed by atoms with Gasteiger partial charge in [-0.25, -0.2) is 9.36 Å². The minimum absolute atomic E-state index is 0.148. The van der Waals surface area contributed by atoms with Crippen molar-refractivity contribution in [2.45, 2.75) is 52.9 Å². The number of nitrogens with one attached hydrogen (secondary N) is 1. The van der Waals surface area contributed by atoms with Crippen LogP contribution in [-0.4, -0.2) is 34.6 Å². The van der Waals surface area contributed by atoms with Crippen molar-refractivity contribution in [3.8, 4) is 17.0 Å². The standard InChI is InChI=1S/C25H25ClN2O5/c1-13(2)32-20-10-16(21-17(22(20)26)11-27-23(21)30)19-9-15-8-14(12-29)6-7-18(15)28(19)24(31)33-25(3,4)5/h6-10,12-13H,11H2,1-5H3,(H,27,30). The first kappa shape index (κ1) is 22.9. The van der Waals surface area contributed by atoms with Gasteiger partial charge >= 0.3 is 6.09 Å². The lowest BCUT2D eigenvalue weighted by Crippen LogP contribution is -2.27. The molecule has 0 saturated carbocycles. The summed E-state index contributed by atoms with van der Waals surface area (Å²) in [5, 5.41) is 3.83. The summed E-state index contributed by atoms with van der Waals surface area (Å²) in [6.45, 7) is 9.36. The average Bonchev–Trinajstić information content (AvgIpc) is 3.29. The van der Waals surface area contributed by atoms with Crippen molar-refractivity contribution in [3.05, 3.63) is 52.0 Å². The van der Waals surface area contributed by atoms with E-state index < -0.39 is 11.7 Å². The van der Waals surface area contributed by atoms with Gasteiger partial charge in [-0.05, 0) is 65.0 Å². The first-order valence-corrected chi connectivity index (χ1v) is 11.0. The zero-order chi connectivity index (χ0) is 24.1. The Labute approximate surface area is 196 Å². The fraction of sp³-hybridized carbons (Fsp3) is 0.320. The molecule has 33 heavy (non-hydrogen) atoms. The highest BCUT2D eigenvalue weighted by Crippen LogP contribution is 2.42. The molecule has 0 atom stereocenters. The van der Waals surface area contributed by atoms with Gasteiger partial charge in [-0.2, -0.15) is 0 Å². The lowest BCUT2D eigenvalue weighted by molar-refractivity contribution is 0.0546. The van der Waals surface area contributed by atoms with Crippen LogP contribution in [-0.2, 0) is 11.3 Å². The third-order valence-electron chi connectivity index (χ3n) is 5.16. The molecule has 0 fully saturated rings. The molecule has 2 aromatic carbocycles. The van der Waals surface area contributed by atoms with E-state index in [0.29, 0.717) is 49.6 Å². The Morgan fingerprint density at radius 1 is 1.21 bits per heavy atom. The summed E-state index contributed by atoms with van der Waals surface area (Å²) in [6, 6.07) is 8.46. The quantitative estimate of drug-likeness (QED) is 0.504. The zero-order valence-electron chi connectivity index (χ0n) is 19.1. The number of hydrogen-bond acceptors (Lipinski definition) is 5. The number of benzene rings is 2. The first-order chi connectivity index (χ1) is 15.5. The van der Waals surface area contributed by atoms with Gasteiger partial charge in [-0.3, -0.25) is 9.59 Å². The molecule has 1 N–H and O–H groups in total. The monoisotopic (exact) mass is 468 g/mol. The van der Waals surface area contributed by atoms with Gasteiger partial charge in [0.2, 0.25) is 0 Å². The van der Waals surface area contributed by atoms with Crippen molar-refractivity contribution < 1.29 is 23.9 Å². The van der Waals surface area contributed by atoms with Crippen LogP contribution in [0.4, 0.5) is 4.79 Å². The number of carbonyl (C=O) groups is 3. The van der Waals surface area contributed by atoms with Gasteiger partial charge in [0, 0.05) is 28.6 Å². The third kappa shape index (κ3) is 4.20. The maximum Gasteiger partial charge on any atom is 0.419 e. The summed E-state index contributed by atoms with van der Waals surface area (Å²) >= 11 is 6.58. The minimum atomic E-state index is -0.737. The fourth-order valence-electron chi connectivity index (χ4n) is 3.92.